The van der Waals surface area contributed by atoms with E-state index in [0.29, 0.717) is 18.7 Å². The van der Waals surface area contributed by atoms with Crippen molar-refractivity contribution in [2.75, 3.05) is 19.0 Å². The summed E-state index contributed by atoms with van der Waals surface area (Å²) >= 11 is 5.76. The van der Waals surface area contributed by atoms with E-state index in [0.717, 1.165) is 5.56 Å². The highest BCUT2D eigenvalue weighted by atomic mass is 35.5. The molecule has 7 nitrogen and oxygen atoms in total. The fourth-order valence-corrected chi connectivity index (χ4v) is 2.01. The van der Waals surface area contributed by atoms with Crippen LogP contribution in [0.2, 0.25) is 5.15 Å². The van der Waals surface area contributed by atoms with Gasteiger partial charge in [-0.3, -0.25) is 10.1 Å². The number of hydrogen-bond acceptors (Lipinski definition) is 6. The molecule has 0 radical (unpaired) electrons. The van der Waals surface area contributed by atoms with Gasteiger partial charge in [0, 0.05) is 12.8 Å². The number of ether oxygens (including phenoxy) is 1. The fraction of sp³-hybridized carbons (Fsp3) is 0.231. The third-order valence-electron chi connectivity index (χ3n) is 2.81. The molecule has 0 amide bonds. The lowest BCUT2D eigenvalue weighted by Crippen LogP contribution is -2.04. The minimum atomic E-state index is -0.609. The van der Waals surface area contributed by atoms with E-state index in [9.17, 15) is 10.1 Å². The van der Waals surface area contributed by atoms with Crippen molar-refractivity contribution in [2.24, 2.45) is 0 Å². The Hall–Kier alpha value is -2.25. The molecule has 2 aromatic rings. The lowest BCUT2D eigenvalue weighted by molar-refractivity contribution is -0.384. The normalized spacial score (nSPS) is 10.4. The Balaban J connectivity index is 2.35. The minimum Gasteiger partial charge on any atom is -0.384 e. The summed E-state index contributed by atoms with van der Waals surface area (Å²) in [6.07, 6.45) is 1.85. The van der Waals surface area contributed by atoms with Crippen molar-refractivity contribution < 1.29 is 9.66 Å². The first-order valence-corrected chi connectivity index (χ1v) is 6.50. The summed E-state index contributed by atoms with van der Waals surface area (Å²) in [6.45, 7) is 0.547. The molecule has 0 fully saturated rings. The highest BCUT2D eigenvalue weighted by Crippen LogP contribution is 2.31. The Morgan fingerprint density at radius 2 is 2.14 bits per heavy atom. The monoisotopic (exact) mass is 308 g/mol. The number of hydrogen-bond donors (Lipinski definition) is 1. The van der Waals surface area contributed by atoms with E-state index < -0.39 is 4.92 Å². The number of para-hydroxylation sites is 1. The van der Waals surface area contributed by atoms with Crippen LogP contribution < -0.4 is 5.32 Å². The third kappa shape index (κ3) is 3.65. The molecule has 8 heteroatoms. The number of anilines is 2. The van der Waals surface area contributed by atoms with Crippen molar-refractivity contribution in [1.82, 2.24) is 9.97 Å². The lowest BCUT2D eigenvalue weighted by atomic mass is 10.1. The second kappa shape index (κ2) is 6.96. The van der Waals surface area contributed by atoms with E-state index in [2.05, 4.69) is 15.3 Å². The van der Waals surface area contributed by atoms with Gasteiger partial charge >= 0.3 is 5.69 Å². The Morgan fingerprint density at radius 1 is 1.38 bits per heavy atom. The Labute approximate surface area is 126 Å². The van der Waals surface area contributed by atoms with Gasteiger partial charge in [-0.15, -0.1) is 0 Å². The van der Waals surface area contributed by atoms with Gasteiger partial charge in [0.15, 0.2) is 0 Å². The number of benzene rings is 1. The maximum Gasteiger partial charge on any atom is 0.348 e. The quantitative estimate of drug-likeness (QED) is 0.501. The standard InChI is InChI=1S/C13H13ClN4O3/c1-21-7-6-9-4-2-3-5-10(9)17-13-11(18(19)20)12(14)15-8-16-13/h2-5,8H,6-7H2,1H3,(H,15,16,17). The second-order valence-electron chi connectivity index (χ2n) is 4.14. The molecule has 0 spiro atoms. The summed E-state index contributed by atoms with van der Waals surface area (Å²) in [5.41, 5.74) is 1.33. The molecule has 1 aromatic carbocycles. The zero-order valence-corrected chi connectivity index (χ0v) is 12.0. The molecular formula is C13H13ClN4O3. The first kappa shape index (κ1) is 15.1. The Kier molecular flexibility index (Phi) is 5.02. The molecule has 2 rings (SSSR count). The van der Waals surface area contributed by atoms with Gasteiger partial charge in [-0.05, 0) is 18.1 Å². The summed E-state index contributed by atoms with van der Waals surface area (Å²) in [6, 6.07) is 7.44. The van der Waals surface area contributed by atoms with Gasteiger partial charge < -0.3 is 10.1 Å². The lowest BCUT2D eigenvalue weighted by Gasteiger charge is -2.11. The average molecular weight is 309 g/mol. The second-order valence-corrected chi connectivity index (χ2v) is 4.50. The van der Waals surface area contributed by atoms with Crippen LogP contribution in [0, 0.1) is 10.1 Å². The van der Waals surface area contributed by atoms with Crippen LogP contribution in [0.4, 0.5) is 17.2 Å². The first-order chi connectivity index (χ1) is 10.1. The number of aromatic nitrogens is 2. The van der Waals surface area contributed by atoms with E-state index in [1.54, 1.807) is 7.11 Å². The van der Waals surface area contributed by atoms with Gasteiger partial charge in [0.05, 0.1) is 11.5 Å². The van der Waals surface area contributed by atoms with Gasteiger partial charge in [0.25, 0.3) is 0 Å². The zero-order chi connectivity index (χ0) is 15.2. The van der Waals surface area contributed by atoms with Gasteiger partial charge in [0.2, 0.25) is 11.0 Å². The zero-order valence-electron chi connectivity index (χ0n) is 11.2. The first-order valence-electron chi connectivity index (χ1n) is 6.12. The molecule has 0 bridgehead atoms. The summed E-state index contributed by atoms with van der Waals surface area (Å²) < 4.78 is 5.05. The average Bonchev–Trinajstić information content (AvgIpc) is 2.46. The van der Waals surface area contributed by atoms with Crippen molar-refractivity contribution in [3.63, 3.8) is 0 Å². The maximum absolute atomic E-state index is 11.1. The van der Waals surface area contributed by atoms with Crippen LogP contribution in [-0.2, 0) is 11.2 Å². The van der Waals surface area contributed by atoms with Crippen LogP contribution in [0.5, 0.6) is 0 Å². The van der Waals surface area contributed by atoms with Gasteiger partial charge in [-0.1, -0.05) is 29.8 Å². The molecule has 21 heavy (non-hydrogen) atoms. The van der Waals surface area contributed by atoms with Crippen molar-refractivity contribution in [3.05, 3.63) is 51.4 Å². The van der Waals surface area contributed by atoms with Crippen LogP contribution in [0.3, 0.4) is 0 Å². The van der Waals surface area contributed by atoms with Gasteiger partial charge in [0.1, 0.15) is 6.33 Å². The minimum absolute atomic E-state index is 0.0601. The molecule has 0 unspecified atom stereocenters. The molecule has 0 aliphatic heterocycles. The van der Waals surface area contributed by atoms with Crippen LogP contribution in [0.25, 0.3) is 0 Å². The van der Waals surface area contributed by atoms with Crippen molar-refractivity contribution in [3.8, 4) is 0 Å². The summed E-state index contributed by atoms with van der Waals surface area (Å²) in [4.78, 5) is 18.0. The predicted molar refractivity (Wildman–Crippen MR) is 79.0 cm³/mol. The van der Waals surface area contributed by atoms with Gasteiger partial charge in [-0.2, -0.15) is 0 Å². The molecular weight excluding hydrogens is 296 g/mol. The molecule has 0 aliphatic rings. The molecule has 0 atom stereocenters. The SMILES string of the molecule is COCCc1ccccc1Nc1ncnc(Cl)c1[N+](=O)[O-]. The number of halogens is 1. The fourth-order valence-electron chi connectivity index (χ4n) is 1.81. The topological polar surface area (TPSA) is 90.2 Å². The Bertz CT molecular complexity index is 651. The van der Waals surface area contributed by atoms with Crippen LogP contribution >= 0.6 is 11.6 Å². The molecule has 0 saturated carbocycles. The number of nitrogens with one attached hydrogen (secondary N) is 1. The highest BCUT2D eigenvalue weighted by molar-refractivity contribution is 6.31. The Morgan fingerprint density at radius 3 is 2.86 bits per heavy atom. The van der Waals surface area contributed by atoms with E-state index in [4.69, 9.17) is 16.3 Å². The van der Waals surface area contributed by atoms with Crippen molar-refractivity contribution >= 4 is 28.8 Å². The van der Waals surface area contributed by atoms with Crippen molar-refractivity contribution in [1.29, 1.82) is 0 Å². The number of rotatable bonds is 6. The largest absolute Gasteiger partial charge is 0.384 e. The number of nitrogens with zero attached hydrogens (tertiary/aromatic N) is 3. The smallest absolute Gasteiger partial charge is 0.348 e. The van der Waals surface area contributed by atoms with E-state index >= 15 is 0 Å². The van der Waals surface area contributed by atoms with E-state index in [-0.39, 0.29) is 16.7 Å². The summed E-state index contributed by atoms with van der Waals surface area (Å²) in [7, 11) is 1.62. The van der Waals surface area contributed by atoms with Crippen LogP contribution in [0.1, 0.15) is 5.56 Å². The number of methoxy groups -OCH3 is 1. The van der Waals surface area contributed by atoms with Crippen LogP contribution in [0.15, 0.2) is 30.6 Å². The predicted octanol–water partition coefficient (Wildman–Crippen LogP) is 2.97. The van der Waals surface area contributed by atoms with Crippen LogP contribution in [-0.4, -0.2) is 28.6 Å². The van der Waals surface area contributed by atoms with E-state index in [1.807, 2.05) is 24.3 Å². The molecule has 0 aliphatic carbocycles. The van der Waals surface area contributed by atoms with Gasteiger partial charge in [-0.25, -0.2) is 9.97 Å². The summed E-state index contributed by atoms with van der Waals surface area (Å²) in [5, 5.41) is 13.8. The molecule has 1 N–H and O–H groups in total. The molecule has 110 valence electrons. The molecule has 1 heterocycles. The molecule has 0 saturated heterocycles. The highest BCUT2D eigenvalue weighted by Gasteiger charge is 2.22. The number of nitro groups is 1. The third-order valence-corrected chi connectivity index (χ3v) is 3.08. The molecule has 1 aromatic heterocycles. The maximum atomic E-state index is 11.1. The summed E-state index contributed by atoms with van der Waals surface area (Å²) in [5.74, 6) is 0.0601. The van der Waals surface area contributed by atoms with Crippen molar-refractivity contribution in [2.45, 2.75) is 6.42 Å². The van der Waals surface area contributed by atoms with E-state index in [1.165, 1.54) is 6.33 Å².